The number of ether oxygens (including phenoxy) is 2. The predicted octanol–water partition coefficient (Wildman–Crippen LogP) is 5.14. The topological polar surface area (TPSA) is 115 Å². The number of fused-ring (bicyclic) bond motifs is 1. The Bertz CT molecular complexity index is 1540. The van der Waals surface area contributed by atoms with Gasteiger partial charge in [-0.1, -0.05) is 59.9 Å². The van der Waals surface area contributed by atoms with Gasteiger partial charge >= 0.3 is 5.97 Å². The molecule has 8 nitrogen and oxygen atoms in total. The number of aromatic carboxylic acids is 1. The first-order valence-corrected chi connectivity index (χ1v) is 12.4. The summed E-state index contributed by atoms with van der Waals surface area (Å²) in [6.45, 7) is 0.162. The lowest BCUT2D eigenvalue weighted by Gasteiger charge is -2.15. The maximum Gasteiger partial charge on any atom is 0.335 e. The minimum atomic E-state index is -1.07. The summed E-state index contributed by atoms with van der Waals surface area (Å²) in [5.74, 6) is -0.274. The highest BCUT2D eigenvalue weighted by molar-refractivity contribution is 7.18. The summed E-state index contributed by atoms with van der Waals surface area (Å²) in [5.41, 5.74) is 1.79. The van der Waals surface area contributed by atoms with Gasteiger partial charge in [0.1, 0.15) is 4.88 Å². The number of nitrogens with one attached hydrogen (secondary N) is 1. The molecule has 1 aliphatic carbocycles. The molecule has 0 saturated heterocycles. The van der Waals surface area contributed by atoms with Crippen LogP contribution in [0.5, 0.6) is 11.5 Å². The van der Waals surface area contributed by atoms with Crippen molar-refractivity contribution in [2.24, 2.45) is 0 Å². The van der Waals surface area contributed by atoms with Gasteiger partial charge in [-0.05, 0) is 42.7 Å². The molecule has 0 bridgehead atoms. The molecule has 1 aromatic heterocycles. The summed E-state index contributed by atoms with van der Waals surface area (Å²) in [7, 11) is 0. The van der Waals surface area contributed by atoms with Gasteiger partial charge in [-0.3, -0.25) is 9.59 Å². The smallest absolute Gasteiger partial charge is 0.335 e. The molecule has 0 unspecified atom stereocenters. The van der Waals surface area contributed by atoms with Crippen molar-refractivity contribution < 1.29 is 29.0 Å². The van der Waals surface area contributed by atoms with Gasteiger partial charge in [0.15, 0.2) is 16.6 Å². The van der Waals surface area contributed by atoms with Crippen LogP contribution < -0.4 is 14.8 Å². The molecule has 184 valence electrons. The fourth-order valence-corrected chi connectivity index (χ4v) is 5.34. The molecule has 1 saturated carbocycles. The lowest BCUT2D eigenvalue weighted by atomic mass is 9.94. The van der Waals surface area contributed by atoms with Gasteiger partial charge in [0.2, 0.25) is 18.5 Å². The molecule has 9 heteroatoms. The van der Waals surface area contributed by atoms with Gasteiger partial charge in [0.05, 0.1) is 16.7 Å². The van der Waals surface area contributed by atoms with Crippen LogP contribution >= 0.6 is 11.3 Å². The third kappa shape index (κ3) is 4.13. The minimum Gasteiger partial charge on any atom is -0.478 e. The quantitative estimate of drug-likeness (QED) is 0.330. The lowest BCUT2D eigenvalue weighted by Crippen LogP contribution is -2.27. The SMILES string of the molecule is O=C(O)c1ccc(C(=O)c2sc(NC(=O)C3(c4ccc5c(c4)OCO5)CC3)nc2-c2ccccc2)cc1. The molecule has 1 aliphatic heterocycles. The van der Waals surface area contributed by atoms with E-state index in [1.54, 1.807) is 0 Å². The van der Waals surface area contributed by atoms with E-state index in [-0.39, 0.29) is 24.0 Å². The van der Waals surface area contributed by atoms with E-state index in [0.717, 1.165) is 22.5 Å². The van der Waals surface area contributed by atoms with Crippen molar-refractivity contribution in [1.82, 2.24) is 4.98 Å². The number of anilines is 1. The summed E-state index contributed by atoms with van der Waals surface area (Å²) in [6, 6.07) is 20.6. The number of hydrogen-bond donors (Lipinski definition) is 2. The Balaban J connectivity index is 1.32. The molecule has 0 atom stereocenters. The Labute approximate surface area is 215 Å². The lowest BCUT2D eigenvalue weighted by molar-refractivity contribution is -0.118. The van der Waals surface area contributed by atoms with Crippen molar-refractivity contribution in [3.63, 3.8) is 0 Å². The van der Waals surface area contributed by atoms with Gasteiger partial charge in [0.25, 0.3) is 0 Å². The van der Waals surface area contributed by atoms with E-state index in [1.165, 1.54) is 24.3 Å². The van der Waals surface area contributed by atoms with E-state index in [0.29, 0.717) is 45.6 Å². The monoisotopic (exact) mass is 512 g/mol. The average Bonchev–Trinajstić information content (AvgIpc) is 3.42. The van der Waals surface area contributed by atoms with E-state index in [4.69, 9.17) is 14.6 Å². The third-order valence-corrected chi connectivity index (χ3v) is 7.57. The normalized spacial score (nSPS) is 14.7. The second-order valence-corrected chi connectivity index (χ2v) is 9.88. The van der Waals surface area contributed by atoms with Gasteiger partial charge in [-0.15, -0.1) is 0 Å². The summed E-state index contributed by atoms with van der Waals surface area (Å²) < 4.78 is 10.9. The number of rotatable bonds is 7. The second kappa shape index (κ2) is 8.86. The fourth-order valence-electron chi connectivity index (χ4n) is 4.40. The maximum absolute atomic E-state index is 13.4. The number of benzene rings is 3. The summed E-state index contributed by atoms with van der Waals surface area (Å²) in [4.78, 5) is 43.1. The van der Waals surface area contributed by atoms with E-state index in [2.05, 4.69) is 10.3 Å². The van der Waals surface area contributed by atoms with Crippen LogP contribution in [0.25, 0.3) is 11.3 Å². The molecular formula is C28H20N2O6S. The van der Waals surface area contributed by atoms with Gasteiger partial charge in [-0.2, -0.15) is 0 Å². The number of amides is 1. The highest BCUT2D eigenvalue weighted by Crippen LogP contribution is 2.51. The Morgan fingerprint density at radius 2 is 1.59 bits per heavy atom. The highest BCUT2D eigenvalue weighted by atomic mass is 32.1. The van der Waals surface area contributed by atoms with Crippen molar-refractivity contribution >= 4 is 34.1 Å². The van der Waals surface area contributed by atoms with E-state index in [9.17, 15) is 14.4 Å². The zero-order valence-electron chi connectivity index (χ0n) is 19.4. The number of carbonyl (C=O) groups is 3. The zero-order chi connectivity index (χ0) is 25.6. The molecular weight excluding hydrogens is 492 g/mol. The molecule has 6 rings (SSSR count). The summed E-state index contributed by atoms with van der Waals surface area (Å²) in [5, 5.41) is 12.4. The number of carboxylic acids is 1. The van der Waals surface area contributed by atoms with Crippen LogP contribution in [0, 0.1) is 0 Å². The highest BCUT2D eigenvalue weighted by Gasteiger charge is 2.52. The van der Waals surface area contributed by atoms with Crippen LogP contribution in [0.15, 0.2) is 72.8 Å². The van der Waals surface area contributed by atoms with Crippen LogP contribution in [0.3, 0.4) is 0 Å². The van der Waals surface area contributed by atoms with Crippen LogP contribution in [0.4, 0.5) is 5.13 Å². The molecule has 37 heavy (non-hydrogen) atoms. The molecule has 4 aromatic rings. The largest absolute Gasteiger partial charge is 0.478 e. The van der Waals surface area contributed by atoms with Gasteiger partial charge < -0.3 is 19.9 Å². The minimum absolute atomic E-state index is 0.0929. The van der Waals surface area contributed by atoms with Crippen LogP contribution in [0.1, 0.15) is 44.0 Å². The Morgan fingerprint density at radius 1 is 0.892 bits per heavy atom. The standard InChI is InChI=1S/C28H20N2O6S/c31-23(17-6-8-18(9-7-17)25(32)33)24-22(16-4-2-1-3-5-16)29-27(37-24)30-26(34)28(12-13-28)19-10-11-20-21(14-19)36-15-35-20/h1-11,14H,12-13,15H2,(H,32,33)(H,29,30,34). The van der Waals surface area contributed by atoms with Crippen molar-refractivity contribution in [3.8, 4) is 22.8 Å². The van der Waals surface area contributed by atoms with Gasteiger partial charge in [0, 0.05) is 11.1 Å². The van der Waals surface area contributed by atoms with Crippen molar-refractivity contribution in [1.29, 1.82) is 0 Å². The van der Waals surface area contributed by atoms with Crippen molar-refractivity contribution in [2.45, 2.75) is 18.3 Å². The average molecular weight is 513 g/mol. The van der Waals surface area contributed by atoms with Crippen molar-refractivity contribution in [3.05, 3.63) is 94.4 Å². The van der Waals surface area contributed by atoms with Crippen molar-refractivity contribution in [2.75, 3.05) is 12.1 Å². The first kappa shape index (κ1) is 22.9. The second-order valence-electron chi connectivity index (χ2n) is 8.88. The van der Waals surface area contributed by atoms with Gasteiger partial charge in [-0.25, -0.2) is 9.78 Å². The fraction of sp³-hybridized carbons (Fsp3) is 0.143. The Morgan fingerprint density at radius 3 is 2.30 bits per heavy atom. The first-order valence-electron chi connectivity index (χ1n) is 11.6. The first-order chi connectivity index (χ1) is 17.9. The van der Waals surface area contributed by atoms with Crippen LogP contribution in [-0.2, 0) is 10.2 Å². The van der Waals surface area contributed by atoms with E-state index >= 15 is 0 Å². The predicted molar refractivity (Wildman–Crippen MR) is 136 cm³/mol. The molecule has 2 heterocycles. The Hall–Kier alpha value is -4.50. The summed E-state index contributed by atoms with van der Waals surface area (Å²) >= 11 is 1.10. The van der Waals surface area contributed by atoms with Crippen LogP contribution in [0.2, 0.25) is 0 Å². The number of carbonyl (C=O) groups excluding carboxylic acids is 2. The van der Waals surface area contributed by atoms with Crippen LogP contribution in [-0.4, -0.2) is 34.5 Å². The van der Waals surface area contributed by atoms with E-state index in [1.807, 2.05) is 48.5 Å². The molecule has 1 fully saturated rings. The molecule has 0 spiro atoms. The Kier molecular flexibility index (Phi) is 5.49. The molecule has 0 radical (unpaired) electrons. The number of thiazole rings is 1. The number of carboxylic acid groups (broad SMARTS) is 1. The number of nitrogens with zero attached hydrogens (tertiary/aromatic N) is 1. The molecule has 1 amide bonds. The van der Waals surface area contributed by atoms with E-state index < -0.39 is 11.4 Å². The number of hydrogen-bond acceptors (Lipinski definition) is 7. The molecule has 2 aliphatic rings. The molecule has 3 aromatic carbocycles. The molecule has 2 N–H and O–H groups in total. The maximum atomic E-state index is 13.4. The third-order valence-electron chi connectivity index (χ3n) is 6.60. The number of aromatic nitrogens is 1. The zero-order valence-corrected chi connectivity index (χ0v) is 20.2. The number of ketones is 1. The summed E-state index contributed by atoms with van der Waals surface area (Å²) in [6.07, 6.45) is 1.38.